The highest BCUT2D eigenvalue weighted by Gasteiger charge is 2.15. The topological polar surface area (TPSA) is 55.3 Å². The zero-order chi connectivity index (χ0) is 19.5. The number of benzene rings is 1. The molecule has 1 heterocycles. The normalized spacial score (nSPS) is 16.6. The van der Waals surface area contributed by atoms with E-state index < -0.39 is 0 Å². The fourth-order valence-electron chi connectivity index (χ4n) is 3.15. The van der Waals surface area contributed by atoms with Crippen molar-refractivity contribution in [1.29, 1.82) is 0 Å². The molecule has 6 nitrogen and oxygen atoms in total. The summed E-state index contributed by atoms with van der Waals surface area (Å²) < 4.78 is 17.0. The van der Waals surface area contributed by atoms with Gasteiger partial charge in [-0.25, -0.2) is 0 Å². The molecule has 0 aromatic heterocycles. The molecule has 0 saturated carbocycles. The van der Waals surface area contributed by atoms with Crippen LogP contribution in [0.15, 0.2) is 23.2 Å². The molecule has 1 unspecified atom stereocenters. The second kappa shape index (κ2) is 14.0. The number of aryl methyl sites for hydroxylation is 2. The minimum Gasteiger partial charge on any atom is -0.492 e. The highest BCUT2D eigenvalue weighted by atomic mass is 127. The van der Waals surface area contributed by atoms with E-state index in [0.717, 1.165) is 64.1 Å². The standard InChI is InChI=1S/C21H35N3O3.HI/c1-17-12-18(2)14-20(13-17)27-11-8-24(4)21(22-3)23-7-5-9-25-15-19-6-10-26-16-19;/h12-14,19H,5-11,15-16H2,1-4H3,(H,22,23);1H. The lowest BCUT2D eigenvalue weighted by Crippen LogP contribution is -2.41. The van der Waals surface area contributed by atoms with Crippen LogP contribution in [0.1, 0.15) is 24.0 Å². The number of nitrogens with zero attached hydrogens (tertiary/aromatic N) is 2. The summed E-state index contributed by atoms with van der Waals surface area (Å²) in [7, 11) is 3.83. The van der Waals surface area contributed by atoms with Crippen LogP contribution in [0.3, 0.4) is 0 Å². The molecule has 1 aromatic carbocycles. The summed E-state index contributed by atoms with van der Waals surface area (Å²) in [4.78, 5) is 6.42. The highest BCUT2D eigenvalue weighted by molar-refractivity contribution is 14.0. The SMILES string of the molecule is CN=C(NCCCOCC1CCOC1)N(C)CCOc1cc(C)cc(C)c1.I. The lowest BCUT2D eigenvalue weighted by Gasteiger charge is -2.22. The molecule has 0 spiro atoms. The molecule has 1 saturated heterocycles. The average Bonchev–Trinajstić information content (AvgIpc) is 3.13. The second-order valence-electron chi connectivity index (χ2n) is 7.23. The van der Waals surface area contributed by atoms with Crippen molar-refractivity contribution in [2.24, 2.45) is 10.9 Å². The first-order valence-corrected chi connectivity index (χ1v) is 9.87. The summed E-state index contributed by atoms with van der Waals surface area (Å²) in [6, 6.07) is 6.28. The monoisotopic (exact) mass is 505 g/mol. The number of nitrogens with one attached hydrogen (secondary N) is 1. The number of rotatable bonds is 10. The number of guanidine groups is 1. The summed E-state index contributed by atoms with van der Waals surface area (Å²) >= 11 is 0. The summed E-state index contributed by atoms with van der Waals surface area (Å²) in [5.41, 5.74) is 2.44. The Morgan fingerprint density at radius 3 is 2.64 bits per heavy atom. The highest BCUT2D eigenvalue weighted by Crippen LogP contribution is 2.16. The van der Waals surface area contributed by atoms with Crippen LogP contribution in [0.25, 0.3) is 0 Å². The largest absolute Gasteiger partial charge is 0.492 e. The van der Waals surface area contributed by atoms with Crippen LogP contribution in [0.2, 0.25) is 0 Å². The number of hydrogen-bond donors (Lipinski definition) is 1. The Kier molecular flexibility index (Phi) is 12.5. The van der Waals surface area contributed by atoms with Crippen LogP contribution in [0, 0.1) is 19.8 Å². The van der Waals surface area contributed by atoms with Crippen molar-refractivity contribution < 1.29 is 14.2 Å². The summed E-state index contributed by atoms with van der Waals surface area (Å²) in [6.45, 7) is 9.70. The second-order valence-corrected chi connectivity index (χ2v) is 7.23. The molecule has 1 aromatic rings. The number of likely N-dealkylation sites (N-methyl/N-ethyl adjacent to an activating group) is 1. The first kappa shape index (κ1) is 25.0. The van der Waals surface area contributed by atoms with E-state index in [1.807, 2.05) is 7.05 Å². The quantitative estimate of drug-likeness (QED) is 0.229. The fraction of sp³-hybridized carbons (Fsp3) is 0.667. The zero-order valence-electron chi connectivity index (χ0n) is 17.7. The lowest BCUT2D eigenvalue weighted by atomic mass is 10.1. The predicted molar refractivity (Wildman–Crippen MR) is 125 cm³/mol. The van der Waals surface area contributed by atoms with E-state index in [4.69, 9.17) is 14.2 Å². The van der Waals surface area contributed by atoms with Gasteiger partial charge in [-0.3, -0.25) is 4.99 Å². The number of aliphatic imine (C=N–C) groups is 1. The molecule has 0 aliphatic carbocycles. The van der Waals surface area contributed by atoms with Crippen molar-refractivity contribution in [1.82, 2.24) is 10.2 Å². The Labute approximate surface area is 187 Å². The molecule has 1 aliphatic rings. The van der Waals surface area contributed by atoms with Crippen molar-refractivity contribution in [2.45, 2.75) is 26.7 Å². The molecule has 160 valence electrons. The fourth-order valence-corrected chi connectivity index (χ4v) is 3.15. The number of hydrogen-bond acceptors (Lipinski definition) is 4. The Hall–Kier alpha value is -1.06. The van der Waals surface area contributed by atoms with Crippen molar-refractivity contribution in [3.8, 4) is 5.75 Å². The van der Waals surface area contributed by atoms with E-state index in [0.29, 0.717) is 12.5 Å². The molecular weight excluding hydrogens is 469 g/mol. The van der Waals surface area contributed by atoms with E-state index in [2.05, 4.69) is 47.3 Å². The molecule has 0 amide bonds. The maximum Gasteiger partial charge on any atom is 0.193 e. The van der Waals surface area contributed by atoms with Gasteiger partial charge in [-0.2, -0.15) is 0 Å². The maximum atomic E-state index is 5.88. The molecule has 1 N–H and O–H groups in total. The maximum absolute atomic E-state index is 5.88. The van der Waals surface area contributed by atoms with Crippen molar-refractivity contribution >= 4 is 29.9 Å². The predicted octanol–water partition coefficient (Wildman–Crippen LogP) is 3.25. The van der Waals surface area contributed by atoms with E-state index >= 15 is 0 Å². The molecular formula is C21H36IN3O3. The van der Waals surface area contributed by atoms with Gasteiger partial charge >= 0.3 is 0 Å². The Morgan fingerprint density at radius 2 is 2.00 bits per heavy atom. The van der Waals surface area contributed by atoms with Crippen LogP contribution in [0.5, 0.6) is 5.75 Å². The third-order valence-corrected chi connectivity index (χ3v) is 4.59. The van der Waals surface area contributed by atoms with Gasteiger partial charge in [0.05, 0.1) is 19.8 Å². The van der Waals surface area contributed by atoms with Crippen molar-refractivity contribution in [2.75, 3.05) is 60.2 Å². The zero-order valence-corrected chi connectivity index (χ0v) is 20.0. The van der Waals surface area contributed by atoms with Crippen LogP contribution in [-0.4, -0.2) is 71.1 Å². The summed E-state index contributed by atoms with van der Waals surface area (Å²) in [5.74, 6) is 2.38. The van der Waals surface area contributed by atoms with Crippen LogP contribution in [0.4, 0.5) is 0 Å². The lowest BCUT2D eigenvalue weighted by molar-refractivity contribution is 0.0887. The molecule has 1 aliphatic heterocycles. The van der Waals surface area contributed by atoms with Gasteiger partial charge in [0.2, 0.25) is 0 Å². The summed E-state index contributed by atoms with van der Waals surface area (Å²) in [5, 5.41) is 3.38. The van der Waals surface area contributed by atoms with Gasteiger partial charge in [-0.05, 0) is 49.9 Å². The van der Waals surface area contributed by atoms with Gasteiger partial charge in [-0.1, -0.05) is 6.07 Å². The first-order valence-electron chi connectivity index (χ1n) is 9.87. The molecule has 2 rings (SSSR count). The third kappa shape index (κ3) is 9.43. The summed E-state index contributed by atoms with van der Waals surface area (Å²) in [6.07, 6.45) is 2.08. The number of halogens is 1. The van der Waals surface area contributed by atoms with Gasteiger partial charge in [0, 0.05) is 39.8 Å². The van der Waals surface area contributed by atoms with Gasteiger partial charge in [0.15, 0.2) is 5.96 Å². The molecule has 0 radical (unpaired) electrons. The van der Waals surface area contributed by atoms with E-state index in [1.165, 1.54) is 11.1 Å². The average molecular weight is 505 g/mol. The van der Waals surface area contributed by atoms with Crippen molar-refractivity contribution in [3.05, 3.63) is 29.3 Å². The van der Waals surface area contributed by atoms with Gasteiger partial charge in [-0.15, -0.1) is 24.0 Å². The van der Waals surface area contributed by atoms with Gasteiger partial charge in [0.1, 0.15) is 12.4 Å². The molecule has 7 heteroatoms. The minimum atomic E-state index is 0. The van der Waals surface area contributed by atoms with E-state index in [-0.39, 0.29) is 24.0 Å². The third-order valence-electron chi connectivity index (χ3n) is 4.59. The molecule has 0 bridgehead atoms. The van der Waals surface area contributed by atoms with Crippen LogP contribution < -0.4 is 10.1 Å². The van der Waals surface area contributed by atoms with Crippen LogP contribution in [-0.2, 0) is 9.47 Å². The van der Waals surface area contributed by atoms with E-state index in [1.54, 1.807) is 7.05 Å². The van der Waals surface area contributed by atoms with Crippen molar-refractivity contribution in [3.63, 3.8) is 0 Å². The van der Waals surface area contributed by atoms with E-state index in [9.17, 15) is 0 Å². The Bertz CT molecular complexity index is 572. The minimum absolute atomic E-state index is 0. The number of ether oxygens (including phenoxy) is 3. The van der Waals surface area contributed by atoms with Gasteiger partial charge < -0.3 is 24.4 Å². The smallest absolute Gasteiger partial charge is 0.193 e. The Balaban J connectivity index is 0.00000392. The molecule has 1 fully saturated rings. The van der Waals surface area contributed by atoms with Crippen LogP contribution >= 0.6 is 24.0 Å². The Morgan fingerprint density at radius 1 is 1.25 bits per heavy atom. The van der Waals surface area contributed by atoms with Gasteiger partial charge in [0.25, 0.3) is 0 Å². The first-order chi connectivity index (χ1) is 13.1. The molecule has 28 heavy (non-hydrogen) atoms. The molecule has 1 atom stereocenters.